The zero-order chi connectivity index (χ0) is 16.7. The Kier molecular flexibility index (Phi) is 5.95. The van der Waals surface area contributed by atoms with Crippen LogP contribution in [0.2, 0.25) is 0 Å². The number of rotatable bonds is 7. The van der Waals surface area contributed by atoms with Gasteiger partial charge in [0.15, 0.2) is 15.1 Å². The molecule has 2 rings (SSSR count). The summed E-state index contributed by atoms with van der Waals surface area (Å²) in [6, 6.07) is 17.5. The van der Waals surface area contributed by atoms with Gasteiger partial charge in [-0.15, -0.1) is 0 Å². The summed E-state index contributed by atoms with van der Waals surface area (Å²) in [5.74, 6) is 0. The van der Waals surface area contributed by atoms with Crippen LogP contribution in [0.3, 0.4) is 0 Å². The Labute approximate surface area is 138 Å². The number of aryl methyl sites for hydroxylation is 1. The molecule has 23 heavy (non-hydrogen) atoms. The molecule has 0 amide bonds. The van der Waals surface area contributed by atoms with E-state index in [0.717, 1.165) is 12.8 Å². The number of hydrogen-bond donors (Lipinski definition) is 0. The summed E-state index contributed by atoms with van der Waals surface area (Å²) in [6.07, 6.45) is 4.46. The number of unbranched alkanes of at least 4 members (excludes halogenated alkanes) is 2. The largest absolute Gasteiger partial charge is 0.222 e. The van der Waals surface area contributed by atoms with Crippen LogP contribution in [-0.2, 0) is 16.3 Å². The van der Waals surface area contributed by atoms with Gasteiger partial charge in [-0.1, -0.05) is 62.2 Å². The van der Waals surface area contributed by atoms with Crippen molar-refractivity contribution in [2.24, 2.45) is 0 Å². The monoisotopic (exact) mass is 327 g/mol. The number of sulfone groups is 1. The van der Waals surface area contributed by atoms with Gasteiger partial charge < -0.3 is 0 Å². The molecule has 0 aromatic heterocycles. The maximum Gasteiger partial charge on any atom is 0.198 e. The van der Waals surface area contributed by atoms with E-state index in [-0.39, 0.29) is 4.90 Å². The summed E-state index contributed by atoms with van der Waals surface area (Å²) in [5.41, 5.74) is 1.70. The highest BCUT2D eigenvalue weighted by Gasteiger charge is 2.28. The summed E-state index contributed by atoms with van der Waals surface area (Å²) in [7, 11) is -3.70. The van der Waals surface area contributed by atoms with E-state index in [1.807, 2.05) is 18.2 Å². The van der Waals surface area contributed by atoms with Gasteiger partial charge in [-0.2, -0.15) is 5.26 Å². The number of benzene rings is 2. The minimum atomic E-state index is -3.70. The molecule has 0 fully saturated rings. The van der Waals surface area contributed by atoms with Gasteiger partial charge >= 0.3 is 0 Å². The molecule has 1 atom stereocenters. The molecule has 0 heterocycles. The van der Waals surface area contributed by atoms with E-state index < -0.39 is 15.1 Å². The molecule has 2 aromatic carbocycles. The Morgan fingerprint density at radius 2 is 1.65 bits per heavy atom. The van der Waals surface area contributed by atoms with Crippen LogP contribution in [0.25, 0.3) is 0 Å². The molecular formula is C19H21NO2S. The van der Waals surface area contributed by atoms with Crippen LogP contribution in [0.15, 0.2) is 59.5 Å². The summed E-state index contributed by atoms with van der Waals surface area (Å²) < 4.78 is 25.3. The second-order valence-electron chi connectivity index (χ2n) is 5.57. The molecule has 0 aliphatic heterocycles. The van der Waals surface area contributed by atoms with Crippen LogP contribution in [0.1, 0.15) is 42.6 Å². The minimum absolute atomic E-state index is 0.179. The molecule has 0 saturated heterocycles. The van der Waals surface area contributed by atoms with E-state index in [2.05, 4.69) is 6.92 Å². The summed E-state index contributed by atoms with van der Waals surface area (Å²) in [6.45, 7) is 2.16. The zero-order valence-corrected chi connectivity index (χ0v) is 14.1. The van der Waals surface area contributed by atoms with Gasteiger partial charge in [-0.3, -0.25) is 0 Å². The Bertz CT molecular complexity index is 759. The van der Waals surface area contributed by atoms with E-state index in [4.69, 9.17) is 0 Å². The van der Waals surface area contributed by atoms with Gasteiger partial charge in [-0.25, -0.2) is 8.42 Å². The highest BCUT2D eigenvalue weighted by atomic mass is 32.2. The first-order valence-corrected chi connectivity index (χ1v) is 9.41. The van der Waals surface area contributed by atoms with Crippen molar-refractivity contribution in [3.05, 3.63) is 65.7 Å². The van der Waals surface area contributed by atoms with Gasteiger partial charge in [0.25, 0.3) is 0 Å². The first kappa shape index (κ1) is 17.2. The first-order chi connectivity index (χ1) is 11.1. The third-order valence-corrected chi connectivity index (χ3v) is 5.78. The van der Waals surface area contributed by atoms with E-state index in [1.54, 1.807) is 30.3 Å². The van der Waals surface area contributed by atoms with Gasteiger partial charge in [0.2, 0.25) is 0 Å². The molecule has 0 aliphatic carbocycles. The van der Waals surface area contributed by atoms with Crippen molar-refractivity contribution in [3.63, 3.8) is 0 Å². The first-order valence-electron chi connectivity index (χ1n) is 7.87. The van der Waals surface area contributed by atoms with Gasteiger partial charge in [0.1, 0.15) is 0 Å². The molecule has 1 unspecified atom stereocenters. The predicted molar refractivity (Wildman–Crippen MR) is 91.7 cm³/mol. The van der Waals surface area contributed by atoms with Crippen molar-refractivity contribution < 1.29 is 8.42 Å². The standard InChI is InChI=1S/C19H21NO2S/c1-2-3-5-8-16-11-13-17(14-12-16)19(15-20)23(21,22)18-9-6-4-7-10-18/h4,6-7,9-14,19H,2-3,5,8H2,1H3. The summed E-state index contributed by atoms with van der Waals surface area (Å²) in [4.78, 5) is 0.179. The molecule has 0 spiro atoms. The Hall–Kier alpha value is -2.12. The average molecular weight is 327 g/mol. The highest BCUT2D eigenvalue weighted by molar-refractivity contribution is 7.92. The molecule has 3 nitrogen and oxygen atoms in total. The van der Waals surface area contributed by atoms with Crippen molar-refractivity contribution >= 4 is 9.84 Å². The predicted octanol–water partition coefficient (Wildman–Crippen LogP) is 4.46. The van der Waals surface area contributed by atoms with Crippen LogP contribution in [0.4, 0.5) is 0 Å². The SMILES string of the molecule is CCCCCc1ccc(C(C#N)S(=O)(=O)c2ccccc2)cc1. The Balaban J connectivity index is 2.23. The van der Waals surface area contributed by atoms with Crippen molar-refractivity contribution in [2.45, 2.75) is 42.8 Å². The van der Waals surface area contributed by atoms with Crippen LogP contribution >= 0.6 is 0 Å². The lowest BCUT2D eigenvalue weighted by atomic mass is 10.0. The smallest absolute Gasteiger partial charge is 0.198 e. The van der Waals surface area contributed by atoms with Crippen molar-refractivity contribution in [2.75, 3.05) is 0 Å². The Morgan fingerprint density at radius 1 is 1.00 bits per heavy atom. The quantitative estimate of drug-likeness (QED) is 0.706. The Morgan fingerprint density at radius 3 is 2.22 bits per heavy atom. The molecule has 4 heteroatoms. The lowest BCUT2D eigenvalue weighted by molar-refractivity contribution is 0.591. The minimum Gasteiger partial charge on any atom is -0.222 e. The van der Waals surface area contributed by atoms with Gasteiger partial charge in [0, 0.05) is 0 Å². The fourth-order valence-corrected chi connectivity index (χ4v) is 3.97. The molecule has 0 aliphatic rings. The van der Waals surface area contributed by atoms with Gasteiger partial charge in [-0.05, 0) is 36.1 Å². The topological polar surface area (TPSA) is 57.9 Å². The molecule has 0 radical (unpaired) electrons. The fraction of sp³-hybridized carbons (Fsp3) is 0.316. The van der Waals surface area contributed by atoms with Crippen LogP contribution in [0.5, 0.6) is 0 Å². The number of nitrogens with zero attached hydrogens (tertiary/aromatic N) is 1. The van der Waals surface area contributed by atoms with E-state index >= 15 is 0 Å². The lowest BCUT2D eigenvalue weighted by Gasteiger charge is -2.12. The summed E-state index contributed by atoms with van der Waals surface area (Å²) in [5, 5.41) is 8.22. The van der Waals surface area contributed by atoms with Crippen molar-refractivity contribution in [3.8, 4) is 6.07 Å². The van der Waals surface area contributed by atoms with E-state index in [9.17, 15) is 13.7 Å². The average Bonchev–Trinajstić information content (AvgIpc) is 2.58. The molecule has 120 valence electrons. The van der Waals surface area contributed by atoms with E-state index in [1.165, 1.54) is 30.5 Å². The lowest BCUT2D eigenvalue weighted by Crippen LogP contribution is -2.12. The normalized spacial score (nSPS) is 12.5. The molecule has 0 bridgehead atoms. The third kappa shape index (κ3) is 4.20. The number of nitriles is 1. The molecule has 0 N–H and O–H groups in total. The fourth-order valence-electron chi connectivity index (χ4n) is 2.51. The molecular weight excluding hydrogens is 306 g/mol. The maximum atomic E-state index is 12.6. The molecule has 0 saturated carbocycles. The second kappa shape index (κ2) is 7.94. The van der Waals surface area contributed by atoms with Gasteiger partial charge in [0.05, 0.1) is 11.0 Å². The zero-order valence-electron chi connectivity index (χ0n) is 13.3. The van der Waals surface area contributed by atoms with Crippen LogP contribution in [0, 0.1) is 11.3 Å². The van der Waals surface area contributed by atoms with Crippen LogP contribution < -0.4 is 0 Å². The highest BCUT2D eigenvalue weighted by Crippen LogP contribution is 2.28. The van der Waals surface area contributed by atoms with E-state index in [0.29, 0.717) is 5.56 Å². The second-order valence-corrected chi connectivity index (χ2v) is 7.60. The summed E-state index contributed by atoms with van der Waals surface area (Å²) >= 11 is 0. The maximum absolute atomic E-state index is 12.6. The van der Waals surface area contributed by atoms with Crippen LogP contribution in [-0.4, -0.2) is 8.42 Å². The number of hydrogen-bond acceptors (Lipinski definition) is 3. The van der Waals surface area contributed by atoms with Crippen molar-refractivity contribution in [1.82, 2.24) is 0 Å². The third-order valence-electron chi connectivity index (χ3n) is 3.85. The van der Waals surface area contributed by atoms with Crippen molar-refractivity contribution in [1.29, 1.82) is 5.26 Å². The molecule has 2 aromatic rings.